The van der Waals surface area contributed by atoms with Gasteiger partial charge in [-0.3, -0.25) is 4.79 Å². The van der Waals surface area contributed by atoms with Gasteiger partial charge in [-0.15, -0.1) is 0 Å². The van der Waals surface area contributed by atoms with E-state index >= 15 is 0 Å². The van der Waals surface area contributed by atoms with Crippen molar-refractivity contribution in [2.24, 2.45) is 11.7 Å². The molecule has 94 valence electrons. The SMILES string of the molecule is CC(N)C(C)C(=O)NCCc1ccc(Cl)cc1. The van der Waals surface area contributed by atoms with Gasteiger partial charge in [-0.25, -0.2) is 0 Å². The van der Waals surface area contributed by atoms with Gasteiger partial charge in [-0.05, 0) is 31.0 Å². The molecule has 1 aromatic rings. The van der Waals surface area contributed by atoms with Gasteiger partial charge >= 0.3 is 0 Å². The van der Waals surface area contributed by atoms with Gasteiger partial charge in [0.15, 0.2) is 0 Å². The average molecular weight is 255 g/mol. The molecule has 0 saturated heterocycles. The fourth-order valence-corrected chi connectivity index (χ4v) is 1.51. The van der Waals surface area contributed by atoms with Gasteiger partial charge in [0.25, 0.3) is 0 Å². The van der Waals surface area contributed by atoms with Gasteiger partial charge < -0.3 is 11.1 Å². The number of carbonyl (C=O) groups is 1. The molecule has 0 saturated carbocycles. The van der Waals surface area contributed by atoms with Gasteiger partial charge in [0.05, 0.1) is 0 Å². The van der Waals surface area contributed by atoms with Crippen LogP contribution in [-0.4, -0.2) is 18.5 Å². The van der Waals surface area contributed by atoms with E-state index in [-0.39, 0.29) is 17.9 Å². The Labute approximate surface area is 107 Å². The Morgan fingerprint density at radius 3 is 2.47 bits per heavy atom. The van der Waals surface area contributed by atoms with E-state index in [1.807, 2.05) is 38.1 Å². The van der Waals surface area contributed by atoms with E-state index in [1.165, 1.54) is 0 Å². The molecular weight excluding hydrogens is 236 g/mol. The minimum absolute atomic E-state index is 0.00830. The second kappa shape index (κ2) is 6.62. The lowest BCUT2D eigenvalue weighted by atomic mass is 10.0. The number of hydrogen-bond acceptors (Lipinski definition) is 2. The highest BCUT2D eigenvalue weighted by molar-refractivity contribution is 6.30. The highest BCUT2D eigenvalue weighted by Gasteiger charge is 2.15. The zero-order chi connectivity index (χ0) is 12.8. The summed E-state index contributed by atoms with van der Waals surface area (Å²) >= 11 is 5.79. The van der Waals surface area contributed by atoms with Crippen molar-refractivity contribution in [2.45, 2.75) is 26.3 Å². The predicted molar refractivity (Wildman–Crippen MR) is 71.0 cm³/mol. The molecule has 0 aromatic heterocycles. The number of carbonyl (C=O) groups excluding carboxylic acids is 1. The third-order valence-electron chi connectivity index (χ3n) is 2.83. The molecule has 17 heavy (non-hydrogen) atoms. The quantitative estimate of drug-likeness (QED) is 0.844. The zero-order valence-electron chi connectivity index (χ0n) is 10.2. The van der Waals surface area contributed by atoms with Crippen LogP contribution in [0.2, 0.25) is 5.02 Å². The second-order valence-electron chi connectivity index (χ2n) is 4.32. The zero-order valence-corrected chi connectivity index (χ0v) is 11.0. The third-order valence-corrected chi connectivity index (χ3v) is 3.08. The molecule has 4 heteroatoms. The summed E-state index contributed by atoms with van der Waals surface area (Å²) in [5, 5.41) is 3.60. The first-order valence-electron chi connectivity index (χ1n) is 5.78. The topological polar surface area (TPSA) is 55.1 Å². The lowest BCUT2D eigenvalue weighted by Gasteiger charge is -2.15. The van der Waals surface area contributed by atoms with E-state index in [0.29, 0.717) is 6.54 Å². The van der Waals surface area contributed by atoms with Crippen LogP contribution in [0.1, 0.15) is 19.4 Å². The number of hydrogen-bond donors (Lipinski definition) is 2. The molecule has 1 aromatic carbocycles. The molecule has 2 unspecified atom stereocenters. The molecule has 1 amide bonds. The second-order valence-corrected chi connectivity index (χ2v) is 4.75. The molecule has 0 aliphatic carbocycles. The van der Waals surface area contributed by atoms with Crippen molar-refractivity contribution in [3.63, 3.8) is 0 Å². The van der Waals surface area contributed by atoms with Crippen molar-refractivity contribution in [3.05, 3.63) is 34.9 Å². The normalized spacial score (nSPS) is 14.1. The summed E-state index contributed by atoms with van der Waals surface area (Å²) in [6.07, 6.45) is 0.800. The van der Waals surface area contributed by atoms with Crippen molar-refractivity contribution >= 4 is 17.5 Å². The Kier molecular flexibility index (Phi) is 5.45. The Bertz CT molecular complexity index is 362. The lowest BCUT2D eigenvalue weighted by molar-refractivity contribution is -0.124. The fraction of sp³-hybridized carbons (Fsp3) is 0.462. The average Bonchev–Trinajstić information content (AvgIpc) is 2.30. The first-order chi connectivity index (χ1) is 8.00. The van der Waals surface area contributed by atoms with Crippen molar-refractivity contribution in [1.29, 1.82) is 0 Å². The molecule has 0 radical (unpaired) electrons. The summed E-state index contributed by atoms with van der Waals surface area (Å²) in [6.45, 7) is 4.29. The van der Waals surface area contributed by atoms with Crippen molar-refractivity contribution < 1.29 is 4.79 Å². The first kappa shape index (κ1) is 14.0. The van der Waals surface area contributed by atoms with E-state index in [4.69, 9.17) is 17.3 Å². The molecule has 0 fully saturated rings. The summed E-state index contributed by atoms with van der Waals surface area (Å²) in [5.41, 5.74) is 6.82. The molecule has 2 atom stereocenters. The van der Waals surface area contributed by atoms with Crippen LogP contribution in [0.4, 0.5) is 0 Å². The van der Waals surface area contributed by atoms with Crippen molar-refractivity contribution in [3.8, 4) is 0 Å². The number of nitrogens with two attached hydrogens (primary N) is 1. The van der Waals surface area contributed by atoms with Crippen molar-refractivity contribution in [2.75, 3.05) is 6.54 Å². The molecule has 0 aliphatic rings. The number of rotatable bonds is 5. The van der Waals surface area contributed by atoms with Gasteiger partial charge in [0.1, 0.15) is 0 Å². The maximum atomic E-state index is 11.6. The molecule has 1 rings (SSSR count). The van der Waals surface area contributed by atoms with Crippen LogP contribution in [0.5, 0.6) is 0 Å². The number of halogens is 1. The van der Waals surface area contributed by atoms with Crippen LogP contribution in [0.3, 0.4) is 0 Å². The van der Waals surface area contributed by atoms with Gasteiger partial charge in [-0.1, -0.05) is 30.7 Å². The maximum Gasteiger partial charge on any atom is 0.224 e. The third kappa shape index (κ3) is 4.75. The van der Waals surface area contributed by atoms with Gasteiger partial charge in [0, 0.05) is 23.5 Å². The maximum absolute atomic E-state index is 11.6. The Morgan fingerprint density at radius 1 is 1.35 bits per heavy atom. The van der Waals surface area contributed by atoms with E-state index in [2.05, 4.69) is 5.32 Å². The highest BCUT2D eigenvalue weighted by atomic mass is 35.5. The standard InChI is InChI=1S/C13H19ClN2O/c1-9(10(2)15)13(17)16-8-7-11-3-5-12(14)6-4-11/h3-6,9-10H,7-8,15H2,1-2H3,(H,16,17). The number of amides is 1. The van der Waals surface area contributed by atoms with Crippen LogP contribution in [-0.2, 0) is 11.2 Å². The summed E-state index contributed by atoms with van der Waals surface area (Å²) in [7, 11) is 0. The molecule has 0 heterocycles. The Balaban J connectivity index is 2.33. The van der Waals surface area contributed by atoms with Crippen LogP contribution < -0.4 is 11.1 Å². The smallest absolute Gasteiger partial charge is 0.224 e. The van der Waals surface area contributed by atoms with Gasteiger partial charge in [-0.2, -0.15) is 0 Å². The molecule has 3 N–H and O–H groups in total. The minimum Gasteiger partial charge on any atom is -0.355 e. The monoisotopic (exact) mass is 254 g/mol. The summed E-state index contributed by atoms with van der Waals surface area (Å²) < 4.78 is 0. The fourth-order valence-electron chi connectivity index (χ4n) is 1.38. The summed E-state index contributed by atoms with van der Waals surface area (Å²) in [5.74, 6) is -0.144. The predicted octanol–water partition coefficient (Wildman–Crippen LogP) is 1.98. The van der Waals surface area contributed by atoms with E-state index in [9.17, 15) is 4.79 Å². The molecular formula is C13H19ClN2O. The van der Waals surface area contributed by atoms with Crippen LogP contribution in [0, 0.1) is 5.92 Å². The van der Waals surface area contributed by atoms with E-state index in [0.717, 1.165) is 17.0 Å². The highest BCUT2D eigenvalue weighted by Crippen LogP contribution is 2.09. The van der Waals surface area contributed by atoms with Crippen LogP contribution >= 0.6 is 11.6 Å². The molecule has 0 spiro atoms. The first-order valence-corrected chi connectivity index (χ1v) is 6.16. The Morgan fingerprint density at radius 2 is 1.94 bits per heavy atom. The summed E-state index contributed by atoms with van der Waals surface area (Å²) in [4.78, 5) is 11.6. The summed E-state index contributed by atoms with van der Waals surface area (Å²) in [6, 6.07) is 7.50. The molecule has 0 bridgehead atoms. The van der Waals surface area contributed by atoms with Crippen molar-refractivity contribution in [1.82, 2.24) is 5.32 Å². The van der Waals surface area contributed by atoms with Crippen LogP contribution in [0.15, 0.2) is 24.3 Å². The van der Waals surface area contributed by atoms with Gasteiger partial charge in [0.2, 0.25) is 5.91 Å². The lowest BCUT2D eigenvalue weighted by Crippen LogP contribution is -2.39. The number of benzene rings is 1. The molecule has 3 nitrogen and oxygen atoms in total. The molecule has 0 aliphatic heterocycles. The Hall–Kier alpha value is -1.06. The van der Waals surface area contributed by atoms with E-state index in [1.54, 1.807) is 0 Å². The number of nitrogens with one attached hydrogen (secondary N) is 1. The van der Waals surface area contributed by atoms with Crippen LogP contribution in [0.25, 0.3) is 0 Å². The van der Waals surface area contributed by atoms with E-state index < -0.39 is 0 Å². The largest absolute Gasteiger partial charge is 0.355 e. The minimum atomic E-state index is -0.153.